The van der Waals surface area contributed by atoms with E-state index in [-0.39, 0.29) is 22.7 Å². The topological polar surface area (TPSA) is 162 Å². The number of hydrogen-bond donors (Lipinski definition) is 1. The standard InChI is InChI=1S/C19H15NO9/c1-9(21)28-15-6-11(7-16(8-15)29-10(2)22)17(23)20-14-4-12(18(24)25)3-13(5-14)19(26)27/h3-8H,1-2H3,(H,20,23)(H,24,25)(H,26,27)/p-2. The van der Waals surface area contributed by atoms with Gasteiger partial charge in [0, 0.05) is 31.2 Å². The van der Waals surface area contributed by atoms with Crippen molar-refractivity contribution in [2.45, 2.75) is 13.8 Å². The molecule has 2 rings (SSSR count). The lowest BCUT2D eigenvalue weighted by Gasteiger charge is -2.13. The number of anilines is 1. The molecule has 0 fully saturated rings. The fraction of sp³-hybridized carbons (Fsp3) is 0.105. The summed E-state index contributed by atoms with van der Waals surface area (Å²) in [4.78, 5) is 57.0. The maximum Gasteiger partial charge on any atom is 0.308 e. The summed E-state index contributed by atoms with van der Waals surface area (Å²) in [5.74, 6) is -5.67. The predicted octanol–water partition coefficient (Wildman–Crippen LogP) is -0.484. The lowest BCUT2D eigenvalue weighted by molar-refractivity contribution is -0.255. The number of esters is 2. The summed E-state index contributed by atoms with van der Waals surface area (Å²) in [7, 11) is 0. The van der Waals surface area contributed by atoms with E-state index in [1.54, 1.807) is 0 Å². The highest BCUT2D eigenvalue weighted by Gasteiger charge is 2.14. The molecule has 0 saturated heterocycles. The van der Waals surface area contributed by atoms with Crippen LogP contribution in [0.25, 0.3) is 0 Å². The molecule has 10 nitrogen and oxygen atoms in total. The van der Waals surface area contributed by atoms with Crippen molar-refractivity contribution < 1.29 is 43.7 Å². The molecule has 0 bridgehead atoms. The van der Waals surface area contributed by atoms with Crippen LogP contribution in [-0.2, 0) is 9.59 Å². The lowest BCUT2D eigenvalue weighted by Crippen LogP contribution is -2.26. The summed E-state index contributed by atoms with van der Waals surface area (Å²) in [5.41, 5.74) is -1.26. The average Bonchev–Trinajstić information content (AvgIpc) is 2.59. The van der Waals surface area contributed by atoms with Gasteiger partial charge in [-0.3, -0.25) is 14.4 Å². The molecular formula is C19H13NO9-2. The molecule has 2 aromatic carbocycles. The van der Waals surface area contributed by atoms with Gasteiger partial charge in [0.2, 0.25) is 0 Å². The van der Waals surface area contributed by atoms with Crippen LogP contribution in [-0.4, -0.2) is 29.8 Å². The van der Waals surface area contributed by atoms with Gasteiger partial charge >= 0.3 is 11.9 Å². The van der Waals surface area contributed by atoms with Crippen LogP contribution >= 0.6 is 0 Å². The number of carboxylic acids is 2. The Bertz CT molecular complexity index is 960. The number of carbonyl (C=O) groups is 5. The van der Waals surface area contributed by atoms with E-state index in [1.165, 1.54) is 18.2 Å². The summed E-state index contributed by atoms with van der Waals surface area (Å²) in [5, 5.41) is 24.4. The van der Waals surface area contributed by atoms with Crippen LogP contribution in [0.3, 0.4) is 0 Å². The quantitative estimate of drug-likeness (QED) is 0.499. The fourth-order valence-electron chi connectivity index (χ4n) is 2.29. The Morgan fingerprint density at radius 2 is 1.14 bits per heavy atom. The molecule has 150 valence electrons. The van der Waals surface area contributed by atoms with Gasteiger partial charge in [-0.2, -0.15) is 0 Å². The molecular weight excluding hydrogens is 386 g/mol. The van der Waals surface area contributed by atoms with E-state index in [9.17, 15) is 34.2 Å². The molecule has 0 aliphatic rings. The third kappa shape index (κ3) is 5.89. The molecule has 2 aromatic rings. The van der Waals surface area contributed by atoms with Crippen LogP contribution in [0.5, 0.6) is 11.5 Å². The van der Waals surface area contributed by atoms with Crippen LogP contribution in [0, 0.1) is 0 Å². The van der Waals surface area contributed by atoms with E-state index < -0.39 is 40.9 Å². The molecule has 0 spiro atoms. The first kappa shape index (κ1) is 21.1. The van der Waals surface area contributed by atoms with Gasteiger partial charge in [0.05, 0.1) is 11.9 Å². The fourth-order valence-corrected chi connectivity index (χ4v) is 2.29. The third-order valence-electron chi connectivity index (χ3n) is 3.33. The highest BCUT2D eigenvalue weighted by molar-refractivity contribution is 6.06. The smallest absolute Gasteiger partial charge is 0.308 e. The van der Waals surface area contributed by atoms with Crippen molar-refractivity contribution in [2.75, 3.05) is 5.32 Å². The number of amides is 1. The maximum absolute atomic E-state index is 12.5. The predicted molar refractivity (Wildman–Crippen MR) is 92.1 cm³/mol. The number of rotatable bonds is 6. The molecule has 1 N–H and O–H groups in total. The highest BCUT2D eigenvalue weighted by Crippen LogP contribution is 2.25. The van der Waals surface area contributed by atoms with Gasteiger partial charge in [-0.05, 0) is 41.5 Å². The van der Waals surface area contributed by atoms with Crippen molar-refractivity contribution in [3.63, 3.8) is 0 Å². The van der Waals surface area contributed by atoms with Crippen LogP contribution in [0.2, 0.25) is 0 Å². The van der Waals surface area contributed by atoms with Crippen molar-refractivity contribution in [2.24, 2.45) is 0 Å². The molecule has 0 radical (unpaired) electrons. The van der Waals surface area contributed by atoms with Crippen LogP contribution in [0.15, 0.2) is 36.4 Å². The molecule has 0 aliphatic heterocycles. The molecule has 10 heteroatoms. The van der Waals surface area contributed by atoms with Crippen molar-refractivity contribution in [3.8, 4) is 11.5 Å². The largest absolute Gasteiger partial charge is 0.545 e. The van der Waals surface area contributed by atoms with E-state index >= 15 is 0 Å². The number of carboxylic acid groups (broad SMARTS) is 2. The number of aromatic carboxylic acids is 2. The van der Waals surface area contributed by atoms with Crippen LogP contribution in [0.4, 0.5) is 5.69 Å². The highest BCUT2D eigenvalue weighted by atomic mass is 16.5. The minimum atomic E-state index is -1.66. The van der Waals surface area contributed by atoms with E-state index in [1.807, 2.05) is 0 Å². The van der Waals surface area contributed by atoms with Gasteiger partial charge in [-0.1, -0.05) is 0 Å². The Labute approximate surface area is 163 Å². The lowest BCUT2D eigenvalue weighted by atomic mass is 10.1. The summed E-state index contributed by atoms with van der Waals surface area (Å²) in [6.45, 7) is 2.26. The first-order valence-corrected chi connectivity index (χ1v) is 7.96. The number of hydrogen-bond acceptors (Lipinski definition) is 9. The van der Waals surface area contributed by atoms with Gasteiger partial charge in [0.15, 0.2) is 0 Å². The van der Waals surface area contributed by atoms with Crippen molar-refractivity contribution >= 4 is 35.5 Å². The Kier molecular flexibility index (Phi) is 6.29. The Hall–Kier alpha value is -4.21. The van der Waals surface area contributed by atoms with Gasteiger partial charge in [0.25, 0.3) is 5.91 Å². The number of benzene rings is 2. The Morgan fingerprint density at radius 1 is 0.690 bits per heavy atom. The minimum Gasteiger partial charge on any atom is -0.545 e. The summed E-state index contributed by atoms with van der Waals surface area (Å²) in [6, 6.07) is 6.36. The van der Waals surface area contributed by atoms with Gasteiger partial charge in [-0.15, -0.1) is 0 Å². The average molecular weight is 399 g/mol. The zero-order valence-corrected chi connectivity index (χ0v) is 15.1. The number of nitrogens with one attached hydrogen (secondary N) is 1. The maximum atomic E-state index is 12.5. The molecule has 29 heavy (non-hydrogen) atoms. The second-order valence-corrected chi connectivity index (χ2v) is 5.71. The number of ether oxygens (including phenoxy) is 2. The zero-order valence-electron chi connectivity index (χ0n) is 15.1. The zero-order chi connectivity index (χ0) is 21.7. The normalized spacial score (nSPS) is 10.0. The second-order valence-electron chi connectivity index (χ2n) is 5.71. The van der Waals surface area contributed by atoms with Gasteiger partial charge < -0.3 is 34.6 Å². The SMILES string of the molecule is CC(=O)Oc1cc(OC(C)=O)cc(C(=O)Nc2cc(C(=O)[O-])cc(C(=O)[O-])c2)c1. The molecule has 0 saturated carbocycles. The van der Waals surface area contributed by atoms with Crippen LogP contribution in [0.1, 0.15) is 44.9 Å². The number of carbonyl (C=O) groups excluding carboxylic acids is 5. The molecule has 0 aromatic heterocycles. The molecule has 0 unspecified atom stereocenters. The van der Waals surface area contributed by atoms with Gasteiger partial charge in [0.1, 0.15) is 11.5 Å². The van der Waals surface area contributed by atoms with Crippen molar-refractivity contribution in [3.05, 3.63) is 53.1 Å². The minimum absolute atomic E-state index is 0.0830. The summed E-state index contributed by atoms with van der Waals surface area (Å²) < 4.78 is 9.79. The Balaban J connectivity index is 2.41. The molecule has 1 amide bonds. The van der Waals surface area contributed by atoms with Crippen LogP contribution < -0.4 is 25.0 Å². The van der Waals surface area contributed by atoms with E-state index in [2.05, 4.69) is 5.32 Å². The van der Waals surface area contributed by atoms with Gasteiger partial charge in [-0.25, -0.2) is 0 Å². The van der Waals surface area contributed by atoms with E-state index in [0.717, 1.165) is 32.0 Å². The van der Waals surface area contributed by atoms with Crippen molar-refractivity contribution in [1.82, 2.24) is 0 Å². The monoisotopic (exact) mass is 399 g/mol. The summed E-state index contributed by atoms with van der Waals surface area (Å²) >= 11 is 0. The van der Waals surface area contributed by atoms with E-state index in [4.69, 9.17) is 9.47 Å². The first-order chi connectivity index (χ1) is 13.5. The van der Waals surface area contributed by atoms with Crippen molar-refractivity contribution in [1.29, 1.82) is 0 Å². The second kappa shape index (κ2) is 8.65. The molecule has 0 heterocycles. The summed E-state index contributed by atoms with van der Waals surface area (Å²) in [6.07, 6.45) is 0. The first-order valence-electron chi connectivity index (χ1n) is 7.96. The van der Waals surface area contributed by atoms with E-state index in [0.29, 0.717) is 0 Å². The Morgan fingerprint density at radius 3 is 1.52 bits per heavy atom. The molecule has 0 aliphatic carbocycles. The molecule has 0 atom stereocenters. The third-order valence-corrected chi connectivity index (χ3v) is 3.33.